The first-order valence-corrected chi connectivity index (χ1v) is 12.3. The Hall–Kier alpha value is -2.79. The Labute approximate surface area is 196 Å². The zero-order chi connectivity index (χ0) is 22.8. The number of aromatic nitrogens is 4. The third-order valence-corrected chi connectivity index (χ3v) is 7.28. The van der Waals surface area contributed by atoms with Crippen molar-refractivity contribution in [2.75, 3.05) is 18.0 Å². The van der Waals surface area contributed by atoms with Gasteiger partial charge < -0.3 is 9.32 Å². The van der Waals surface area contributed by atoms with Crippen molar-refractivity contribution in [2.45, 2.75) is 36.5 Å². The predicted molar refractivity (Wildman–Crippen MR) is 121 cm³/mol. The van der Waals surface area contributed by atoms with Crippen molar-refractivity contribution < 1.29 is 17.6 Å². The third kappa shape index (κ3) is 4.93. The maximum atomic E-state index is 12.8. The molecule has 1 aliphatic rings. The maximum Gasteiger partial charge on any atom is 0.416 e. The normalized spacial score (nSPS) is 14.3. The van der Waals surface area contributed by atoms with Crippen molar-refractivity contribution in [3.63, 3.8) is 0 Å². The summed E-state index contributed by atoms with van der Waals surface area (Å²) in [6, 6.07) is 8.88. The van der Waals surface area contributed by atoms with E-state index in [1.165, 1.54) is 35.2 Å². The molecular formula is C22H20F3N5OS2. The van der Waals surface area contributed by atoms with Gasteiger partial charge in [0.15, 0.2) is 5.16 Å². The van der Waals surface area contributed by atoms with Gasteiger partial charge in [-0.2, -0.15) is 13.2 Å². The SMILES string of the molecule is FC(F)(F)c1ccc(-c2nc(CSc3nnc(N4CCCC4)n3Cc3ccco3)cs2)cc1. The summed E-state index contributed by atoms with van der Waals surface area (Å²) in [5.41, 5.74) is 0.847. The molecule has 0 unspecified atom stereocenters. The topological polar surface area (TPSA) is 60.0 Å². The number of alkyl halides is 3. The molecule has 11 heteroatoms. The van der Waals surface area contributed by atoms with Crippen molar-refractivity contribution in [1.29, 1.82) is 0 Å². The van der Waals surface area contributed by atoms with Crippen LogP contribution in [0.5, 0.6) is 0 Å². The minimum Gasteiger partial charge on any atom is -0.467 e. The van der Waals surface area contributed by atoms with Crippen LogP contribution in [0.1, 0.15) is 29.9 Å². The molecule has 0 amide bonds. The van der Waals surface area contributed by atoms with Gasteiger partial charge in [0.05, 0.1) is 24.1 Å². The third-order valence-electron chi connectivity index (χ3n) is 5.34. The Bertz CT molecular complexity index is 1200. The minimum absolute atomic E-state index is 0.544. The van der Waals surface area contributed by atoms with E-state index in [0.29, 0.717) is 22.9 Å². The second-order valence-electron chi connectivity index (χ2n) is 7.65. The van der Waals surface area contributed by atoms with Gasteiger partial charge in [0.1, 0.15) is 10.8 Å². The summed E-state index contributed by atoms with van der Waals surface area (Å²) >= 11 is 2.95. The van der Waals surface area contributed by atoms with Gasteiger partial charge in [-0.1, -0.05) is 23.9 Å². The fraction of sp³-hybridized carbons (Fsp3) is 0.318. The molecule has 1 fully saturated rings. The number of benzene rings is 1. The smallest absolute Gasteiger partial charge is 0.416 e. The molecule has 1 aliphatic heterocycles. The van der Waals surface area contributed by atoms with Crippen LogP contribution in [0, 0.1) is 0 Å². The Balaban J connectivity index is 1.31. The van der Waals surface area contributed by atoms with Gasteiger partial charge in [0.25, 0.3) is 0 Å². The maximum absolute atomic E-state index is 12.8. The summed E-state index contributed by atoms with van der Waals surface area (Å²) in [6.45, 7) is 2.47. The molecule has 0 aliphatic carbocycles. The Morgan fingerprint density at radius 3 is 2.55 bits per heavy atom. The van der Waals surface area contributed by atoms with Gasteiger partial charge in [-0.3, -0.25) is 4.57 Å². The summed E-state index contributed by atoms with van der Waals surface area (Å²) in [5, 5.41) is 12.2. The number of furan rings is 1. The minimum atomic E-state index is -4.34. The van der Waals surface area contributed by atoms with Crippen molar-refractivity contribution in [2.24, 2.45) is 0 Å². The number of anilines is 1. The lowest BCUT2D eigenvalue weighted by Gasteiger charge is -2.17. The van der Waals surface area contributed by atoms with Crippen molar-refractivity contribution in [1.82, 2.24) is 19.7 Å². The summed E-state index contributed by atoms with van der Waals surface area (Å²) in [7, 11) is 0. The molecule has 0 N–H and O–H groups in total. The highest BCUT2D eigenvalue weighted by Crippen LogP contribution is 2.33. The molecule has 5 rings (SSSR count). The van der Waals surface area contributed by atoms with E-state index in [9.17, 15) is 13.2 Å². The first-order chi connectivity index (χ1) is 16.0. The van der Waals surface area contributed by atoms with E-state index in [1.807, 2.05) is 17.5 Å². The largest absolute Gasteiger partial charge is 0.467 e. The standard InChI is InChI=1S/C22H20F3N5OS2/c23-22(24,25)16-7-5-15(6-8-16)19-26-17(13-32-19)14-33-21-28-27-20(29-9-1-2-10-29)30(21)12-18-4-3-11-31-18/h3-8,11,13H,1-2,9-10,12,14H2. The van der Waals surface area contributed by atoms with Gasteiger partial charge >= 0.3 is 6.18 Å². The van der Waals surface area contributed by atoms with Crippen LogP contribution in [0.15, 0.2) is 57.6 Å². The molecule has 4 heterocycles. The molecule has 3 aromatic heterocycles. The molecule has 0 atom stereocenters. The fourth-order valence-electron chi connectivity index (χ4n) is 3.68. The quantitative estimate of drug-likeness (QED) is 0.298. The monoisotopic (exact) mass is 491 g/mol. The number of hydrogen-bond donors (Lipinski definition) is 0. The zero-order valence-electron chi connectivity index (χ0n) is 17.5. The molecule has 6 nitrogen and oxygen atoms in total. The van der Waals surface area contributed by atoms with Crippen LogP contribution in [-0.2, 0) is 18.5 Å². The molecule has 0 radical (unpaired) electrons. The molecular weight excluding hydrogens is 471 g/mol. The summed E-state index contributed by atoms with van der Waals surface area (Å²) in [6.07, 6.45) is -0.411. The van der Waals surface area contributed by atoms with Crippen molar-refractivity contribution in [3.8, 4) is 10.6 Å². The van der Waals surface area contributed by atoms with E-state index in [2.05, 4.69) is 24.6 Å². The van der Waals surface area contributed by atoms with E-state index < -0.39 is 11.7 Å². The molecule has 1 aromatic carbocycles. The summed E-state index contributed by atoms with van der Waals surface area (Å²) in [4.78, 5) is 6.85. The van der Waals surface area contributed by atoms with Gasteiger partial charge in [-0.25, -0.2) is 4.98 Å². The number of thiazole rings is 1. The highest BCUT2D eigenvalue weighted by atomic mass is 32.2. The highest BCUT2D eigenvalue weighted by Gasteiger charge is 2.30. The van der Waals surface area contributed by atoms with Gasteiger partial charge in [-0.05, 0) is 37.1 Å². The van der Waals surface area contributed by atoms with Crippen LogP contribution in [0.25, 0.3) is 10.6 Å². The molecule has 4 aromatic rings. The highest BCUT2D eigenvalue weighted by molar-refractivity contribution is 7.98. The lowest BCUT2D eigenvalue weighted by Crippen LogP contribution is -2.22. The Morgan fingerprint density at radius 2 is 1.85 bits per heavy atom. The average Bonchev–Trinajstić information content (AvgIpc) is 3.60. The first-order valence-electron chi connectivity index (χ1n) is 10.4. The van der Waals surface area contributed by atoms with Crippen LogP contribution in [0.2, 0.25) is 0 Å². The Kier molecular flexibility index (Phi) is 6.15. The van der Waals surface area contributed by atoms with E-state index in [0.717, 1.165) is 60.6 Å². The van der Waals surface area contributed by atoms with Crippen LogP contribution < -0.4 is 4.90 Å². The lowest BCUT2D eigenvalue weighted by molar-refractivity contribution is -0.137. The Morgan fingerprint density at radius 1 is 1.06 bits per heavy atom. The molecule has 33 heavy (non-hydrogen) atoms. The molecule has 1 saturated heterocycles. The molecule has 0 bridgehead atoms. The second-order valence-corrected chi connectivity index (χ2v) is 9.45. The predicted octanol–water partition coefficient (Wildman–Crippen LogP) is 5.95. The molecule has 0 spiro atoms. The van der Waals surface area contributed by atoms with Gasteiger partial charge in [0, 0.05) is 29.8 Å². The number of halogens is 3. The van der Waals surface area contributed by atoms with E-state index >= 15 is 0 Å². The van der Waals surface area contributed by atoms with Crippen LogP contribution in [0.4, 0.5) is 19.1 Å². The van der Waals surface area contributed by atoms with Gasteiger partial charge in [-0.15, -0.1) is 21.5 Å². The van der Waals surface area contributed by atoms with Crippen molar-refractivity contribution in [3.05, 3.63) is 65.1 Å². The van der Waals surface area contributed by atoms with Crippen LogP contribution >= 0.6 is 23.1 Å². The fourth-order valence-corrected chi connectivity index (χ4v) is 5.44. The first kappa shape index (κ1) is 22.0. The number of nitrogens with zero attached hydrogens (tertiary/aromatic N) is 5. The zero-order valence-corrected chi connectivity index (χ0v) is 19.1. The second kappa shape index (κ2) is 9.22. The van der Waals surface area contributed by atoms with E-state index in [1.54, 1.807) is 6.26 Å². The average molecular weight is 492 g/mol. The number of thioether (sulfide) groups is 1. The number of hydrogen-bond acceptors (Lipinski definition) is 7. The van der Waals surface area contributed by atoms with E-state index in [-0.39, 0.29) is 0 Å². The van der Waals surface area contributed by atoms with Crippen molar-refractivity contribution >= 4 is 29.0 Å². The lowest BCUT2D eigenvalue weighted by atomic mass is 10.1. The van der Waals surface area contributed by atoms with Crippen LogP contribution in [-0.4, -0.2) is 32.8 Å². The number of rotatable bonds is 7. The molecule has 172 valence electrons. The van der Waals surface area contributed by atoms with E-state index in [4.69, 9.17) is 4.42 Å². The summed E-state index contributed by atoms with van der Waals surface area (Å²) < 4.78 is 46.0. The molecule has 0 saturated carbocycles. The summed E-state index contributed by atoms with van der Waals surface area (Å²) in [5.74, 6) is 2.25. The van der Waals surface area contributed by atoms with Gasteiger partial charge in [0.2, 0.25) is 5.95 Å². The van der Waals surface area contributed by atoms with Crippen LogP contribution in [0.3, 0.4) is 0 Å².